The first-order valence-corrected chi connectivity index (χ1v) is 11.1. The van der Waals surface area contributed by atoms with Crippen molar-refractivity contribution in [1.82, 2.24) is 16.0 Å². The van der Waals surface area contributed by atoms with Crippen molar-refractivity contribution in [3.05, 3.63) is 0 Å². The van der Waals surface area contributed by atoms with Crippen LogP contribution in [-0.2, 0) is 28.8 Å². The molecule has 3 amide bonds. The van der Waals surface area contributed by atoms with Gasteiger partial charge in [-0.15, -0.1) is 0 Å². The molecular weight excluding hydrogens is 452 g/mol. The number of hydrogen-bond donors (Lipinski definition) is 7. The second kappa shape index (κ2) is 14.8. The standard InChI is InChI=1S/C21H36N4O9/c1-5-10(3)16(20(32)25-17(21(33)34)11(4)6-2)24-19(31)13(7-8-14(26)27)23-18(30)12(22)9-15(28)29/h10-13,16-17H,5-9,22H2,1-4H3,(H,23,30)(H,24,31)(H,25,32)(H,26,27)(H,28,29)(H,33,34). The van der Waals surface area contributed by atoms with Crippen molar-refractivity contribution >= 4 is 35.6 Å². The second-order valence-electron chi connectivity index (χ2n) is 8.28. The van der Waals surface area contributed by atoms with Crippen LogP contribution in [0.4, 0.5) is 0 Å². The van der Waals surface area contributed by atoms with E-state index < -0.39 is 78.6 Å². The first kappa shape index (κ1) is 30.8. The molecule has 0 radical (unpaired) electrons. The van der Waals surface area contributed by atoms with Crippen LogP contribution in [0.1, 0.15) is 59.8 Å². The summed E-state index contributed by atoms with van der Waals surface area (Å²) in [5.41, 5.74) is 5.51. The number of amides is 3. The highest BCUT2D eigenvalue weighted by molar-refractivity contribution is 5.95. The summed E-state index contributed by atoms with van der Waals surface area (Å²) in [4.78, 5) is 71.4. The maximum atomic E-state index is 12.9. The lowest BCUT2D eigenvalue weighted by Gasteiger charge is -2.29. The van der Waals surface area contributed by atoms with Crippen LogP contribution in [0, 0.1) is 11.8 Å². The number of rotatable bonds is 16. The summed E-state index contributed by atoms with van der Waals surface area (Å²) in [6.45, 7) is 6.85. The molecule has 0 aromatic rings. The summed E-state index contributed by atoms with van der Waals surface area (Å²) < 4.78 is 0. The van der Waals surface area contributed by atoms with Gasteiger partial charge in [-0.2, -0.15) is 0 Å². The smallest absolute Gasteiger partial charge is 0.326 e. The average molecular weight is 489 g/mol. The highest BCUT2D eigenvalue weighted by atomic mass is 16.4. The fourth-order valence-corrected chi connectivity index (χ4v) is 2.98. The Hall–Kier alpha value is -3.22. The lowest BCUT2D eigenvalue weighted by molar-refractivity contribution is -0.144. The molecule has 194 valence electrons. The number of nitrogens with one attached hydrogen (secondary N) is 3. The van der Waals surface area contributed by atoms with E-state index in [1.54, 1.807) is 27.7 Å². The Morgan fingerprint density at radius 2 is 1.24 bits per heavy atom. The monoisotopic (exact) mass is 488 g/mol. The van der Waals surface area contributed by atoms with Gasteiger partial charge in [0.1, 0.15) is 18.1 Å². The third-order valence-corrected chi connectivity index (χ3v) is 5.58. The Labute approximate surface area is 197 Å². The van der Waals surface area contributed by atoms with E-state index in [-0.39, 0.29) is 12.3 Å². The van der Waals surface area contributed by atoms with Crippen molar-refractivity contribution < 1.29 is 44.1 Å². The largest absolute Gasteiger partial charge is 0.481 e. The highest BCUT2D eigenvalue weighted by Gasteiger charge is 2.34. The summed E-state index contributed by atoms with van der Waals surface area (Å²) in [6, 6.07) is -5.23. The maximum absolute atomic E-state index is 12.9. The number of carbonyl (C=O) groups excluding carboxylic acids is 3. The van der Waals surface area contributed by atoms with Crippen molar-refractivity contribution in [3.8, 4) is 0 Å². The lowest BCUT2D eigenvalue weighted by atomic mass is 9.95. The van der Waals surface area contributed by atoms with Gasteiger partial charge < -0.3 is 37.0 Å². The predicted octanol–water partition coefficient (Wildman–Crippen LogP) is -0.716. The molecule has 0 bridgehead atoms. The first-order valence-electron chi connectivity index (χ1n) is 11.1. The van der Waals surface area contributed by atoms with Crippen molar-refractivity contribution in [2.45, 2.75) is 84.0 Å². The summed E-state index contributed by atoms with van der Waals surface area (Å²) in [6.07, 6.45) is -0.621. The number of hydrogen-bond acceptors (Lipinski definition) is 7. The molecule has 6 atom stereocenters. The third-order valence-electron chi connectivity index (χ3n) is 5.58. The van der Waals surface area contributed by atoms with Crippen LogP contribution in [0.3, 0.4) is 0 Å². The minimum Gasteiger partial charge on any atom is -0.481 e. The van der Waals surface area contributed by atoms with Crippen molar-refractivity contribution in [3.63, 3.8) is 0 Å². The molecule has 6 unspecified atom stereocenters. The molecule has 34 heavy (non-hydrogen) atoms. The Kier molecular flexibility index (Phi) is 13.4. The maximum Gasteiger partial charge on any atom is 0.326 e. The van der Waals surface area contributed by atoms with E-state index in [1.165, 1.54) is 0 Å². The Balaban J connectivity index is 5.68. The van der Waals surface area contributed by atoms with Gasteiger partial charge in [0.25, 0.3) is 0 Å². The Bertz CT molecular complexity index is 759. The van der Waals surface area contributed by atoms with Crippen molar-refractivity contribution in [2.75, 3.05) is 0 Å². The average Bonchev–Trinajstić information content (AvgIpc) is 2.75. The van der Waals surface area contributed by atoms with Crippen LogP contribution in [0.2, 0.25) is 0 Å². The third kappa shape index (κ3) is 10.6. The van der Waals surface area contributed by atoms with Crippen molar-refractivity contribution in [2.24, 2.45) is 17.6 Å². The van der Waals surface area contributed by atoms with Crippen LogP contribution in [0.5, 0.6) is 0 Å². The molecule has 0 saturated carbocycles. The molecule has 8 N–H and O–H groups in total. The van der Waals surface area contributed by atoms with Crippen molar-refractivity contribution in [1.29, 1.82) is 0 Å². The van der Waals surface area contributed by atoms with Gasteiger partial charge >= 0.3 is 17.9 Å². The first-order chi connectivity index (χ1) is 15.7. The zero-order valence-electron chi connectivity index (χ0n) is 19.9. The highest BCUT2D eigenvalue weighted by Crippen LogP contribution is 2.13. The van der Waals surface area contributed by atoms with E-state index in [1.807, 2.05) is 0 Å². The van der Waals surface area contributed by atoms with E-state index >= 15 is 0 Å². The van der Waals surface area contributed by atoms with Gasteiger partial charge in [0.2, 0.25) is 17.7 Å². The van der Waals surface area contributed by atoms with Gasteiger partial charge in [0, 0.05) is 6.42 Å². The van der Waals surface area contributed by atoms with E-state index in [0.717, 1.165) is 0 Å². The molecular formula is C21H36N4O9. The second-order valence-corrected chi connectivity index (χ2v) is 8.28. The molecule has 13 heteroatoms. The number of nitrogens with two attached hydrogens (primary N) is 1. The molecule has 0 aromatic carbocycles. The quantitative estimate of drug-likeness (QED) is 0.144. The normalized spacial score (nSPS) is 16.1. The van der Waals surface area contributed by atoms with Gasteiger partial charge in [-0.05, 0) is 18.3 Å². The van der Waals surface area contributed by atoms with Crippen LogP contribution < -0.4 is 21.7 Å². The van der Waals surface area contributed by atoms with Gasteiger partial charge in [-0.1, -0.05) is 40.5 Å². The Morgan fingerprint density at radius 3 is 1.68 bits per heavy atom. The molecule has 13 nitrogen and oxygen atoms in total. The van der Waals surface area contributed by atoms with Gasteiger partial charge in [0.15, 0.2) is 0 Å². The molecule has 0 saturated heterocycles. The number of carboxylic acids is 3. The topological polar surface area (TPSA) is 225 Å². The SMILES string of the molecule is CCC(C)C(NC(=O)C(NC(=O)C(CCC(=O)O)NC(=O)C(N)CC(=O)O)C(C)CC)C(=O)O. The van der Waals surface area contributed by atoms with Gasteiger partial charge in [0.05, 0.1) is 12.5 Å². The van der Waals surface area contributed by atoms with E-state index in [9.17, 15) is 33.9 Å². The van der Waals surface area contributed by atoms with Crippen LogP contribution in [-0.4, -0.2) is 75.1 Å². The summed E-state index contributed by atoms with van der Waals surface area (Å²) in [5, 5.41) is 34.3. The molecule has 0 fully saturated rings. The number of aliphatic carboxylic acids is 3. The molecule has 0 rings (SSSR count). The summed E-state index contributed by atoms with van der Waals surface area (Å²) in [7, 11) is 0. The fraction of sp³-hybridized carbons (Fsp3) is 0.714. The minimum atomic E-state index is -1.47. The van der Waals surface area contributed by atoms with Crippen LogP contribution in [0.25, 0.3) is 0 Å². The molecule has 0 aliphatic rings. The zero-order valence-corrected chi connectivity index (χ0v) is 19.9. The molecule has 0 aromatic heterocycles. The Morgan fingerprint density at radius 1 is 0.735 bits per heavy atom. The van der Waals surface area contributed by atoms with Gasteiger partial charge in [-0.25, -0.2) is 4.79 Å². The molecule has 0 heterocycles. The fourth-order valence-electron chi connectivity index (χ4n) is 2.98. The van der Waals surface area contributed by atoms with Crippen LogP contribution >= 0.6 is 0 Å². The molecule has 0 aliphatic carbocycles. The van der Waals surface area contributed by atoms with Gasteiger partial charge in [-0.3, -0.25) is 24.0 Å². The summed E-state index contributed by atoms with van der Waals surface area (Å²) >= 11 is 0. The molecule has 0 spiro atoms. The lowest BCUT2D eigenvalue weighted by Crippen LogP contribution is -2.59. The number of carbonyl (C=O) groups is 6. The van der Waals surface area contributed by atoms with E-state index in [0.29, 0.717) is 12.8 Å². The summed E-state index contributed by atoms with van der Waals surface area (Å²) in [5.74, 6) is -7.20. The van der Waals surface area contributed by atoms with E-state index in [2.05, 4.69) is 16.0 Å². The van der Waals surface area contributed by atoms with E-state index in [4.69, 9.17) is 15.9 Å². The van der Waals surface area contributed by atoms with Crippen LogP contribution in [0.15, 0.2) is 0 Å². The molecule has 0 aliphatic heterocycles. The minimum absolute atomic E-state index is 0.341. The zero-order chi connectivity index (χ0) is 26.6. The number of carboxylic acid groups (broad SMARTS) is 3. The predicted molar refractivity (Wildman–Crippen MR) is 119 cm³/mol.